The quantitative estimate of drug-likeness (QED) is 0.857. The number of ether oxygens (including phenoxy) is 1. The predicted molar refractivity (Wildman–Crippen MR) is 82.8 cm³/mol. The Balaban J connectivity index is 2.42. The van der Waals surface area contributed by atoms with Crippen molar-refractivity contribution in [3.8, 4) is 5.75 Å². The highest BCUT2D eigenvalue weighted by molar-refractivity contribution is 5.94. The maximum Gasteiger partial charge on any atom is 0.326 e. The van der Waals surface area contributed by atoms with Crippen molar-refractivity contribution in [2.75, 3.05) is 12.4 Å². The topological polar surface area (TPSA) is 71.5 Å². The number of aliphatic carboxylic acids is 1. The predicted octanol–water partition coefficient (Wildman–Crippen LogP) is 3.29. The number of hydrogen-bond donors (Lipinski definition) is 2. The molecule has 1 unspecified atom stereocenters. The van der Waals surface area contributed by atoms with Gasteiger partial charge in [-0.2, -0.15) is 0 Å². The Bertz CT molecular complexity index is 688. The van der Waals surface area contributed by atoms with E-state index < -0.39 is 17.8 Å². The number of carboxylic acids is 1. The van der Waals surface area contributed by atoms with Gasteiger partial charge >= 0.3 is 5.97 Å². The molecule has 0 aliphatic rings. The van der Waals surface area contributed by atoms with E-state index in [9.17, 15) is 14.3 Å². The van der Waals surface area contributed by atoms with Crippen molar-refractivity contribution < 1.29 is 19.0 Å². The largest absolute Gasteiger partial charge is 0.494 e. The molecule has 0 bridgehead atoms. The number of benzene rings is 1. The summed E-state index contributed by atoms with van der Waals surface area (Å²) < 4.78 is 18.9. The first-order valence-electron chi connectivity index (χ1n) is 7.04. The minimum Gasteiger partial charge on any atom is -0.494 e. The van der Waals surface area contributed by atoms with Gasteiger partial charge in [0.15, 0.2) is 11.6 Å². The highest BCUT2D eigenvalue weighted by Gasteiger charge is 2.20. The van der Waals surface area contributed by atoms with Gasteiger partial charge in [-0.25, -0.2) is 14.2 Å². The molecule has 0 amide bonds. The second-order valence-electron chi connectivity index (χ2n) is 5.53. The highest BCUT2D eigenvalue weighted by Crippen LogP contribution is 2.29. The number of rotatable bonds is 6. The molecule has 1 aromatic carbocycles. The summed E-state index contributed by atoms with van der Waals surface area (Å²) >= 11 is 0. The summed E-state index contributed by atoms with van der Waals surface area (Å²) in [6.45, 7) is 3.89. The SMILES string of the molecule is COc1cc2ccnc(NC(CC(C)C)C(=O)O)c2cc1F. The van der Waals surface area contributed by atoms with Gasteiger partial charge in [0.1, 0.15) is 11.9 Å². The van der Waals surface area contributed by atoms with E-state index in [-0.39, 0.29) is 11.7 Å². The van der Waals surface area contributed by atoms with Crippen molar-refractivity contribution in [2.24, 2.45) is 5.92 Å². The monoisotopic (exact) mass is 306 g/mol. The molecule has 118 valence electrons. The van der Waals surface area contributed by atoms with Gasteiger partial charge in [0.05, 0.1) is 7.11 Å². The van der Waals surface area contributed by atoms with Crippen LogP contribution in [0, 0.1) is 11.7 Å². The molecule has 0 spiro atoms. The Morgan fingerprint density at radius 3 is 2.77 bits per heavy atom. The molecule has 2 aromatic rings. The van der Waals surface area contributed by atoms with Gasteiger partial charge < -0.3 is 15.2 Å². The Kier molecular flexibility index (Phi) is 4.80. The van der Waals surface area contributed by atoms with Gasteiger partial charge in [-0.15, -0.1) is 0 Å². The lowest BCUT2D eigenvalue weighted by atomic mass is 10.0. The number of halogens is 1. The average Bonchev–Trinajstić information content (AvgIpc) is 2.46. The third kappa shape index (κ3) is 3.44. The third-order valence-corrected chi connectivity index (χ3v) is 3.35. The number of fused-ring (bicyclic) bond motifs is 1. The molecule has 0 aliphatic carbocycles. The van der Waals surface area contributed by atoms with Crippen molar-refractivity contribution in [3.05, 3.63) is 30.2 Å². The number of pyridine rings is 1. The molecular weight excluding hydrogens is 287 g/mol. The van der Waals surface area contributed by atoms with E-state index >= 15 is 0 Å². The second-order valence-corrected chi connectivity index (χ2v) is 5.53. The number of methoxy groups -OCH3 is 1. The van der Waals surface area contributed by atoms with E-state index in [1.54, 1.807) is 18.3 Å². The van der Waals surface area contributed by atoms with Gasteiger partial charge in [-0.05, 0) is 35.9 Å². The first-order chi connectivity index (χ1) is 10.4. The molecule has 0 radical (unpaired) electrons. The van der Waals surface area contributed by atoms with Crippen molar-refractivity contribution >= 4 is 22.6 Å². The highest BCUT2D eigenvalue weighted by atomic mass is 19.1. The summed E-state index contributed by atoms with van der Waals surface area (Å²) in [6.07, 6.45) is 2.00. The average molecular weight is 306 g/mol. The fraction of sp³-hybridized carbons (Fsp3) is 0.375. The smallest absolute Gasteiger partial charge is 0.326 e. The molecule has 0 aliphatic heterocycles. The Morgan fingerprint density at radius 2 is 2.18 bits per heavy atom. The Hall–Kier alpha value is -2.37. The number of nitrogens with zero attached hydrogens (tertiary/aromatic N) is 1. The number of carbonyl (C=O) groups is 1. The van der Waals surface area contributed by atoms with E-state index in [2.05, 4.69) is 10.3 Å². The fourth-order valence-electron chi connectivity index (χ4n) is 2.30. The molecule has 0 saturated heterocycles. The van der Waals surface area contributed by atoms with E-state index in [0.717, 1.165) is 5.39 Å². The van der Waals surface area contributed by atoms with Gasteiger partial charge in [-0.1, -0.05) is 13.8 Å². The van der Waals surface area contributed by atoms with Gasteiger partial charge in [0.2, 0.25) is 0 Å². The normalized spacial score (nSPS) is 12.4. The number of carboxylic acid groups (broad SMARTS) is 1. The van der Waals surface area contributed by atoms with E-state index in [1.165, 1.54) is 13.2 Å². The van der Waals surface area contributed by atoms with Crippen molar-refractivity contribution in [3.63, 3.8) is 0 Å². The van der Waals surface area contributed by atoms with Crippen LogP contribution < -0.4 is 10.1 Å². The molecule has 5 nitrogen and oxygen atoms in total. The van der Waals surface area contributed by atoms with Crippen molar-refractivity contribution in [1.82, 2.24) is 4.98 Å². The minimum absolute atomic E-state index is 0.140. The van der Waals surface area contributed by atoms with Gasteiger partial charge in [-0.3, -0.25) is 0 Å². The molecular formula is C16H19FN2O3. The zero-order chi connectivity index (χ0) is 16.3. The lowest BCUT2D eigenvalue weighted by molar-refractivity contribution is -0.138. The van der Waals surface area contributed by atoms with Crippen LogP contribution in [-0.2, 0) is 4.79 Å². The van der Waals surface area contributed by atoms with E-state index in [4.69, 9.17) is 4.74 Å². The number of hydrogen-bond acceptors (Lipinski definition) is 4. The zero-order valence-electron chi connectivity index (χ0n) is 12.8. The molecule has 0 fully saturated rings. The molecule has 1 atom stereocenters. The fourth-order valence-corrected chi connectivity index (χ4v) is 2.30. The maximum absolute atomic E-state index is 13.9. The maximum atomic E-state index is 13.9. The third-order valence-electron chi connectivity index (χ3n) is 3.35. The lowest BCUT2D eigenvalue weighted by Gasteiger charge is -2.18. The van der Waals surface area contributed by atoms with Crippen LogP contribution in [-0.4, -0.2) is 29.2 Å². The first kappa shape index (κ1) is 16.0. The van der Waals surface area contributed by atoms with Crippen LogP contribution in [0.15, 0.2) is 24.4 Å². The molecule has 1 heterocycles. The van der Waals surface area contributed by atoms with Crippen LogP contribution in [0.5, 0.6) is 5.75 Å². The van der Waals surface area contributed by atoms with Crippen LogP contribution >= 0.6 is 0 Å². The summed E-state index contributed by atoms with van der Waals surface area (Å²) in [5.74, 6) is -0.766. The number of anilines is 1. The molecule has 0 saturated carbocycles. The van der Waals surface area contributed by atoms with Gasteiger partial charge in [0.25, 0.3) is 0 Å². The van der Waals surface area contributed by atoms with Crippen LogP contribution in [0.4, 0.5) is 10.2 Å². The van der Waals surface area contributed by atoms with Crippen LogP contribution in [0.2, 0.25) is 0 Å². The summed E-state index contributed by atoms with van der Waals surface area (Å²) in [5.41, 5.74) is 0. The molecule has 22 heavy (non-hydrogen) atoms. The lowest BCUT2D eigenvalue weighted by Crippen LogP contribution is -2.31. The first-order valence-corrected chi connectivity index (χ1v) is 7.04. The van der Waals surface area contributed by atoms with Crippen LogP contribution in [0.25, 0.3) is 10.8 Å². The summed E-state index contributed by atoms with van der Waals surface area (Å²) in [6, 6.07) is 3.82. The minimum atomic E-state index is -0.957. The summed E-state index contributed by atoms with van der Waals surface area (Å²) in [7, 11) is 1.40. The zero-order valence-corrected chi connectivity index (χ0v) is 12.8. The Labute approximate surface area is 128 Å². The number of aromatic nitrogens is 1. The van der Waals surface area contributed by atoms with Crippen LogP contribution in [0.1, 0.15) is 20.3 Å². The number of nitrogens with one attached hydrogen (secondary N) is 1. The molecule has 2 rings (SSSR count). The summed E-state index contributed by atoms with van der Waals surface area (Å²) in [4.78, 5) is 15.5. The molecule has 1 aromatic heterocycles. The van der Waals surface area contributed by atoms with E-state index in [0.29, 0.717) is 17.6 Å². The molecule has 6 heteroatoms. The standard InChI is InChI=1S/C16H19FN2O3/c1-9(2)6-13(16(20)21)19-15-11-8-12(17)14(22-3)7-10(11)4-5-18-15/h4-5,7-9,13H,6H2,1-3H3,(H,18,19)(H,20,21). The second kappa shape index (κ2) is 6.60. The van der Waals surface area contributed by atoms with Gasteiger partial charge in [0, 0.05) is 11.6 Å². The summed E-state index contributed by atoms with van der Waals surface area (Å²) in [5, 5.41) is 13.5. The Morgan fingerprint density at radius 1 is 1.45 bits per heavy atom. The molecule has 2 N–H and O–H groups in total. The van der Waals surface area contributed by atoms with Crippen LogP contribution in [0.3, 0.4) is 0 Å². The van der Waals surface area contributed by atoms with Crippen molar-refractivity contribution in [1.29, 1.82) is 0 Å². The van der Waals surface area contributed by atoms with Crippen molar-refractivity contribution in [2.45, 2.75) is 26.3 Å². The van der Waals surface area contributed by atoms with E-state index in [1.807, 2.05) is 13.8 Å².